The van der Waals surface area contributed by atoms with E-state index in [1.165, 1.54) is 5.56 Å². The molecule has 0 unspecified atom stereocenters. The maximum absolute atomic E-state index is 11.8. The first kappa shape index (κ1) is 16.5. The van der Waals surface area contributed by atoms with Crippen LogP contribution < -0.4 is 10.6 Å². The molecule has 5 nitrogen and oxygen atoms in total. The highest BCUT2D eigenvalue weighted by molar-refractivity contribution is 6.39. The number of aryl methyl sites for hydroxylation is 1. The predicted molar refractivity (Wildman–Crippen MR) is 85.4 cm³/mol. The number of nitrogens with one attached hydrogen (secondary N) is 2. The summed E-state index contributed by atoms with van der Waals surface area (Å²) in [4.78, 5) is 23.7. The van der Waals surface area contributed by atoms with Crippen LogP contribution in [-0.2, 0) is 16.0 Å². The second-order valence-corrected chi connectivity index (χ2v) is 5.83. The van der Waals surface area contributed by atoms with Crippen LogP contribution in [0.15, 0.2) is 24.3 Å². The van der Waals surface area contributed by atoms with Crippen molar-refractivity contribution in [2.24, 2.45) is 5.92 Å². The fourth-order valence-electron chi connectivity index (χ4n) is 2.74. The van der Waals surface area contributed by atoms with Crippen LogP contribution in [0.25, 0.3) is 0 Å². The highest BCUT2D eigenvalue weighted by atomic mass is 16.3. The van der Waals surface area contributed by atoms with Gasteiger partial charge in [0.2, 0.25) is 0 Å². The third-order valence-electron chi connectivity index (χ3n) is 4.22. The van der Waals surface area contributed by atoms with E-state index in [2.05, 4.69) is 17.6 Å². The van der Waals surface area contributed by atoms with Crippen molar-refractivity contribution in [1.29, 1.82) is 0 Å². The van der Waals surface area contributed by atoms with Crippen LogP contribution in [0.2, 0.25) is 0 Å². The normalized spacial score (nSPS) is 21.2. The Balaban J connectivity index is 1.79. The highest BCUT2D eigenvalue weighted by Gasteiger charge is 2.24. The average molecular weight is 304 g/mol. The summed E-state index contributed by atoms with van der Waals surface area (Å²) in [6.45, 7) is 2.41. The zero-order valence-electron chi connectivity index (χ0n) is 13.0. The molecule has 1 aliphatic rings. The van der Waals surface area contributed by atoms with Gasteiger partial charge < -0.3 is 15.7 Å². The molecule has 1 saturated carbocycles. The zero-order chi connectivity index (χ0) is 15.9. The molecular formula is C17H24N2O3. The lowest BCUT2D eigenvalue weighted by Crippen LogP contribution is -2.41. The van der Waals surface area contributed by atoms with Gasteiger partial charge >= 0.3 is 11.8 Å². The number of amides is 2. The van der Waals surface area contributed by atoms with E-state index in [1.54, 1.807) is 12.1 Å². The van der Waals surface area contributed by atoms with Crippen molar-refractivity contribution in [3.05, 3.63) is 29.8 Å². The van der Waals surface area contributed by atoms with Crippen molar-refractivity contribution < 1.29 is 14.7 Å². The second-order valence-electron chi connectivity index (χ2n) is 5.83. The minimum absolute atomic E-state index is 0.0503. The number of aliphatic hydroxyl groups is 1. The average Bonchev–Trinajstić information content (AvgIpc) is 2.54. The van der Waals surface area contributed by atoms with Gasteiger partial charge in [0, 0.05) is 18.2 Å². The Morgan fingerprint density at radius 3 is 2.45 bits per heavy atom. The molecule has 1 fully saturated rings. The molecule has 0 aliphatic heterocycles. The Kier molecular flexibility index (Phi) is 5.95. The van der Waals surface area contributed by atoms with Gasteiger partial charge in [0.25, 0.3) is 0 Å². The minimum atomic E-state index is -0.672. The molecule has 1 aromatic rings. The molecule has 0 heterocycles. The highest BCUT2D eigenvalue weighted by Crippen LogP contribution is 2.23. The van der Waals surface area contributed by atoms with Gasteiger partial charge in [-0.05, 0) is 37.0 Å². The first-order valence-electron chi connectivity index (χ1n) is 7.96. The lowest BCUT2D eigenvalue weighted by molar-refractivity contribution is -0.136. The monoisotopic (exact) mass is 304 g/mol. The smallest absolute Gasteiger partial charge is 0.313 e. The van der Waals surface area contributed by atoms with Gasteiger partial charge in [-0.3, -0.25) is 9.59 Å². The molecule has 0 spiro atoms. The summed E-state index contributed by atoms with van der Waals surface area (Å²) in [6.07, 6.45) is 4.31. The first-order valence-corrected chi connectivity index (χ1v) is 7.96. The van der Waals surface area contributed by atoms with Gasteiger partial charge in [0.1, 0.15) is 0 Å². The standard InChI is InChI=1S/C17H24N2O3/c1-2-12-7-9-14(10-8-12)19-17(22)16(21)18-11-13-5-3-4-6-15(13)20/h7-10,13,15,20H,2-6,11H2,1H3,(H,18,21)(H,19,22)/t13-,15-/m1/s1. The second kappa shape index (κ2) is 7.94. The minimum Gasteiger partial charge on any atom is -0.393 e. The number of carbonyl (C=O) groups excluding carboxylic acids is 2. The van der Waals surface area contributed by atoms with Gasteiger partial charge in [-0.1, -0.05) is 31.9 Å². The zero-order valence-corrected chi connectivity index (χ0v) is 13.0. The van der Waals surface area contributed by atoms with E-state index in [0.29, 0.717) is 12.2 Å². The summed E-state index contributed by atoms with van der Waals surface area (Å²) >= 11 is 0. The molecule has 3 N–H and O–H groups in total. The van der Waals surface area contributed by atoms with Crippen molar-refractivity contribution in [3.8, 4) is 0 Å². The van der Waals surface area contributed by atoms with Crippen LogP contribution in [0.4, 0.5) is 5.69 Å². The van der Waals surface area contributed by atoms with Crippen LogP contribution in [0, 0.1) is 5.92 Å². The molecule has 2 rings (SSSR count). The lowest BCUT2D eigenvalue weighted by atomic mass is 9.86. The Morgan fingerprint density at radius 1 is 1.14 bits per heavy atom. The Bertz CT molecular complexity index is 513. The molecule has 2 amide bonds. The summed E-state index contributed by atoms with van der Waals surface area (Å²) in [5.41, 5.74) is 1.78. The predicted octanol–water partition coefficient (Wildman–Crippen LogP) is 1.85. The molecule has 0 bridgehead atoms. The SMILES string of the molecule is CCc1ccc(NC(=O)C(=O)NC[C@H]2CCCC[C@H]2O)cc1. The third kappa shape index (κ3) is 4.56. The molecule has 22 heavy (non-hydrogen) atoms. The van der Waals surface area contributed by atoms with E-state index in [4.69, 9.17) is 0 Å². The number of anilines is 1. The number of rotatable bonds is 4. The Hall–Kier alpha value is -1.88. The van der Waals surface area contributed by atoms with Crippen molar-refractivity contribution in [2.75, 3.05) is 11.9 Å². The quantitative estimate of drug-likeness (QED) is 0.743. The van der Waals surface area contributed by atoms with E-state index in [-0.39, 0.29) is 12.0 Å². The van der Waals surface area contributed by atoms with E-state index in [0.717, 1.165) is 32.1 Å². The number of aliphatic hydroxyl groups excluding tert-OH is 1. The van der Waals surface area contributed by atoms with E-state index in [1.807, 2.05) is 12.1 Å². The molecule has 1 aliphatic carbocycles. The van der Waals surface area contributed by atoms with Crippen LogP contribution in [0.1, 0.15) is 38.2 Å². The number of hydrogen-bond acceptors (Lipinski definition) is 3. The molecule has 5 heteroatoms. The van der Waals surface area contributed by atoms with Crippen molar-refractivity contribution in [1.82, 2.24) is 5.32 Å². The van der Waals surface area contributed by atoms with Gasteiger partial charge in [0.15, 0.2) is 0 Å². The number of carbonyl (C=O) groups is 2. The largest absolute Gasteiger partial charge is 0.393 e. The van der Waals surface area contributed by atoms with Gasteiger partial charge in [-0.2, -0.15) is 0 Å². The summed E-state index contributed by atoms with van der Waals surface area (Å²) in [6, 6.07) is 7.42. The lowest BCUT2D eigenvalue weighted by Gasteiger charge is -2.27. The third-order valence-corrected chi connectivity index (χ3v) is 4.22. The molecule has 0 saturated heterocycles. The summed E-state index contributed by atoms with van der Waals surface area (Å²) in [5, 5.41) is 15.0. The number of benzene rings is 1. The first-order chi connectivity index (χ1) is 10.6. The van der Waals surface area contributed by atoms with Gasteiger partial charge in [-0.15, -0.1) is 0 Å². The van der Waals surface area contributed by atoms with Gasteiger partial charge in [0.05, 0.1) is 6.10 Å². The molecule has 2 atom stereocenters. The van der Waals surface area contributed by atoms with Crippen molar-refractivity contribution in [2.45, 2.75) is 45.1 Å². The molecule has 1 aromatic carbocycles. The molecule has 0 radical (unpaired) electrons. The summed E-state index contributed by atoms with van der Waals surface area (Å²) < 4.78 is 0. The van der Waals surface area contributed by atoms with E-state index < -0.39 is 11.8 Å². The summed E-state index contributed by atoms with van der Waals surface area (Å²) in [7, 11) is 0. The molecule has 0 aromatic heterocycles. The van der Waals surface area contributed by atoms with Crippen LogP contribution in [-0.4, -0.2) is 29.6 Å². The van der Waals surface area contributed by atoms with Crippen molar-refractivity contribution in [3.63, 3.8) is 0 Å². The van der Waals surface area contributed by atoms with Crippen molar-refractivity contribution >= 4 is 17.5 Å². The van der Waals surface area contributed by atoms with Crippen LogP contribution in [0.3, 0.4) is 0 Å². The molecular weight excluding hydrogens is 280 g/mol. The topological polar surface area (TPSA) is 78.4 Å². The fraction of sp³-hybridized carbons (Fsp3) is 0.529. The number of hydrogen-bond donors (Lipinski definition) is 3. The van der Waals surface area contributed by atoms with Crippen LogP contribution >= 0.6 is 0 Å². The summed E-state index contributed by atoms with van der Waals surface area (Å²) in [5.74, 6) is -1.28. The van der Waals surface area contributed by atoms with E-state index in [9.17, 15) is 14.7 Å². The maximum atomic E-state index is 11.8. The molecule has 120 valence electrons. The van der Waals surface area contributed by atoms with E-state index >= 15 is 0 Å². The van der Waals surface area contributed by atoms with Crippen LogP contribution in [0.5, 0.6) is 0 Å². The Morgan fingerprint density at radius 2 is 1.82 bits per heavy atom. The maximum Gasteiger partial charge on any atom is 0.313 e. The Labute approximate surface area is 131 Å². The van der Waals surface area contributed by atoms with Gasteiger partial charge in [-0.25, -0.2) is 0 Å². The fourth-order valence-corrected chi connectivity index (χ4v) is 2.74.